The summed E-state index contributed by atoms with van der Waals surface area (Å²) in [5, 5.41) is 0. The largest absolute Gasteiger partial charge is 0.326 e. The van der Waals surface area contributed by atoms with Crippen LogP contribution in [0, 0.1) is 17.7 Å². The SMILES string of the molecule is NCc1c[c]cc(CN)c1-c1cc(F)cc(F)c1. The van der Waals surface area contributed by atoms with Crippen LogP contribution in [-0.2, 0) is 13.1 Å². The average molecular weight is 247 g/mol. The Balaban J connectivity index is 2.68. The summed E-state index contributed by atoms with van der Waals surface area (Å²) in [7, 11) is 0. The molecule has 0 saturated heterocycles. The molecule has 93 valence electrons. The van der Waals surface area contributed by atoms with Crippen molar-refractivity contribution in [1.82, 2.24) is 0 Å². The number of halogens is 2. The lowest BCUT2D eigenvalue weighted by atomic mass is 9.94. The second kappa shape index (κ2) is 5.25. The van der Waals surface area contributed by atoms with Gasteiger partial charge in [-0.05, 0) is 52.6 Å². The van der Waals surface area contributed by atoms with Crippen LogP contribution in [0.1, 0.15) is 11.1 Å². The van der Waals surface area contributed by atoms with Gasteiger partial charge in [-0.3, -0.25) is 0 Å². The highest BCUT2D eigenvalue weighted by Gasteiger charge is 2.11. The van der Waals surface area contributed by atoms with Gasteiger partial charge >= 0.3 is 0 Å². The van der Waals surface area contributed by atoms with Crippen molar-refractivity contribution < 1.29 is 8.78 Å². The minimum Gasteiger partial charge on any atom is -0.326 e. The van der Waals surface area contributed by atoms with Gasteiger partial charge in [0.2, 0.25) is 0 Å². The molecule has 18 heavy (non-hydrogen) atoms. The molecule has 4 N–H and O–H groups in total. The van der Waals surface area contributed by atoms with Crippen molar-refractivity contribution in [2.24, 2.45) is 11.5 Å². The molecule has 2 nitrogen and oxygen atoms in total. The first-order valence-electron chi connectivity index (χ1n) is 5.54. The zero-order valence-corrected chi connectivity index (χ0v) is 9.71. The molecule has 0 bridgehead atoms. The molecule has 0 aromatic heterocycles. The Bertz CT molecular complexity index is 525. The van der Waals surface area contributed by atoms with Crippen LogP contribution >= 0.6 is 0 Å². The monoisotopic (exact) mass is 247 g/mol. The van der Waals surface area contributed by atoms with Crippen LogP contribution in [0.5, 0.6) is 0 Å². The van der Waals surface area contributed by atoms with E-state index >= 15 is 0 Å². The van der Waals surface area contributed by atoms with Crippen LogP contribution in [0.15, 0.2) is 30.3 Å². The van der Waals surface area contributed by atoms with Crippen molar-refractivity contribution in [3.8, 4) is 11.1 Å². The molecule has 0 aliphatic heterocycles. The molecule has 0 heterocycles. The maximum atomic E-state index is 13.3. The van der Waals surface area contributed by atoms with Crippen LogP contribution in [0.25, 0.3) is 11.1 Å². The zero-order valence-electron chi connectivity index (χ0n) is 9.71. The van der Waals surface area contributed by atoms with Crippen molar-refractivity contribution in [3.63, 3.8) is 0 Å². The Morgan fingerprint density at radius 1 is 0.889 bits per heavy atom. The fourth-order valence-electron chi connectivity index (χ4n) is 1.98. The van der Waals surface area contributed by atoms with E-state index in [1.807, 2.05) is 0 Å². The third-order valence-electron chi connectivity index (χ3n) is 2.75. The molecule has 2 rings (SSSR count). The normalized spacial score (nSPS) is 10.7. The minimum absolute atomic E-state index is 0.262. The Morgan fingerprint density at radius 2 is 1.39 bits per heavy atom. The van der Waals surface area contributed by atoms with Gasteiger partial charge in [-0.25, -0.2) is 8.78 Å². The molecular weight excluding hydrogens is 234 g/mol. The first kappa shape index (κ1) is 12.7. The Kier molecular flexibility index (Phi) is 3.69. The van der Waals surface area contributed by atoms with Gasteiger partial charge in [-0.1, -0.05) is 0 Å². The van der Waals surface area contributed by atoms with E-state index < -0.39 is 11.6 Å². The molecule has 0 aliphatic carbocycles. The summed E-state index contributed by atoms with van der Waals surface area (Å²) in [4.78, 5) is 0. The third kappa shape index (κ3) is 2.39. The molecule has 0 aliphatic rings. The predicted molar refractivity (Wildman–Crippen MR) is 66.4 cm³/mol. The number of nitrogens with two attached hydrogens (primary N) is 2. The van der Waals surface area contributed by atoms with Gasteiger partial charge in [0, 0.05) is 19.2 Å². The number of benzene rings is 2. The van der Waals surface area contributed by atoms with Crippen LogP contribution in [0.3, 0.4) is 0 Å². The lowest BCUT2D eigenvalue weighted by Gasteiger charge is -2.13. The molecular formula is C14H13F2N2. The summed E-state index contributed by atoms with van der Waals surface area (Å²) in [6.07, 6.45) is 0. The van der Waals surface area contributed by atoms with Gasteiger partial charge in [0.25, 0.3) is 0 Å². The maximum absolute atomic E-state index is 13.3. The highest BCUT2D eigenvalue weighted by molar-refractivity contribution is 5.71. The fraction of sp³-hybridized carbons (Fsp3) is 0.143. The molecule has 2 aromatic rings. The first-order chi connectivity index (χ1) is 8.65. The summed E-state index contributed by atoms with van der Waals surface area (Å²) in [5.41, 5.74) is 14.0. The predicted octanol–water partition coefficient (Wildman–Crippen LogP) is 2.35. The van der Waals surface area contributed by atoms with E-state index in [2.05, 4.69) is 6.07 Å². The summed E-state index contributed by atoms with van der Waals surface area (Å²) in [6.45, 7) is 0.523. The van der Waals surface area contributed by atoms with E-state index in [0.717, 1.165) is 17.2 Å². The molecule has 1 radical (unpaired) electrons. The summed E-state index contributed by atoms with van der Waals surface area (Å²) in [5.74, 6) is -1.24. The lowest BCUT2D eigenvalue weighted by molar-refractivity contribution is 0.584. The summed E-state index contributed by atoms with van der Waals surface area (Å²) >= 11 is 0. The van der Waals surface area contributed by atoms with Crippen molar-refractivity contribution in [2.75, 3.05) is 0 Å². The highest BCUT2D eigenvalue weighted by Crippen LogP contribution is 2.28. The highest BCUT2D eigenvalue weighted by atomic mass is 19.1. The minimum atomic E-state index is -0.622. The van der Waals surface area contributed by atoms with Crippen molar-refractivity contribution in [2.45, 2.75) is 13.1 Å². The van der Waals surface area contributed by atoms with E-state index in [1.54, 1.807) is 12.1 Å². The van der Waals surface area contributed by atoms with Crippen molar-refractivity contribution in [1.29, 1.82) is 0 Å². The van der Waals surface area contributed by atoms with Gasteiger partial charge in [-0.15, -0.1) is 0 Å². The lowest BCUT2D eigenvalue weighted by Crippen LogP contribution is -2.05. The van der Waals surface area contributed by atoms with Crippen LogP contribution in [0.2, 0.25) is 0 Å². The molecule has 0 atom stereocenters. The average Bonchev–Trinajstić information content (AvgIpc) is 2.36. The van der Waals surface area contributed by atoms with Crippen molar-refractivity contribution in [3.05, 3.63) is 59.2 Å². The fourth-order valence-corrected chi connectivity index (χ4v) is 1.98. The Labute approximate surface area is 104 Å². The van der Waals surface area contributed by atoms with E-state index in [-0.39, 0.29) is 13.1 Å². The second-order valence-electron chi connectivity index (χ2n) is 3.95. The van der Waals surface area contributed by atoms with Crippen molar-refractivity contribution >= 4 is 0 Å². The number of hydrogen-bond donors (Lipinski definition) is 2. The maximum Gasteiger partial charge on any atom is 0.126 e. The first-order valence-corrected chi connectivity index (χ1v) is 5.54. The molecule has 0 unspecified atom stereocenters. The van der Waals surface area contributed by atoms with Gasteiger partial charge < -0.3 is 11.5 Å². The van der Waals surface area contributed by atoms with E-state index in [4.69, 9.17) is 11.5 Å². The van der Waals surface area contributed by atoms with Crippen LogP contribution in [0.4, 0.5) is 8.78 Å². The Morgan fingerprint density at radius 3 is 1.83 bits per heavy atom. The molecule has 4 heteroatoms. The molecule has 0 fully saturated rings. The smallest absolute Gasteiger partial charge is 0.126 e. The van der Waals surface area contributed by atoms with Crippen LogP contribution < -0.4 is 11.5 Å². The quantitative estimate of drug-likeness (QED) is 0.874. The second-order valence-corrected chi connectivity index (χ2v) is 3.95. The molecule has 0 saturated carbocycles. The van der Waals surface area contributed by atoms with E-state index in [9.17, 15) is 8.78 Å². The standard InChI is InChI=1S/C14H13F2N2/c15-12-4-11(5-13(16)6-12)14-9(7-17)2-1-3-10(14)8-18/h2-6H,7-8,17-18H2. The van der Waals surface area contributed by atoms with E-state index in [0.29, 0.717) is 11.1 Å². The van der Waals surface area contributed by atoms with Gasteiger partial charge in [0.1, 0.15) is 11.6 Å². The van der Waals surface area contributed by atoms with Gasteiger partial charge in [-0.2, -0.15) is 0 Å². The third-order valence-corrected chi connectivity index (χ3v) is 2.75. The van der Waals surface area contributed by atoms with Crippen LogP contribution in [-0.4, -0.2) is 0 Å². The summed E-state index contributed by atoms with van der Waals surface area (Å²) < 4.78 is 26.5. The molecule has 0 amide bonds. The molecule has 0 spiro atoms. The number of rotatable bonds is 3. The Hall–Kier alpha value is -1.78. The van der Waals surface area contributed by atoms with Gasteiger partial charge in [0.15, 0.2) is 0 Å². The van der Waals surface area contributed by atoms with E-state index in [1.165, 1.54) is 12.1 Å². The van der Waals surface area contributed by atoms with Gasteiger partial charge in [0.05, 0.1) is 0 Å². The summed E-state index contributed by atoms with van der Waals surface area (Å²) in [6, 6.07) is 9.72. The molecule has 2 aromatic carbocycles. The zero-order chi connectivity index (χ0) is 13.1. The topological polar surface area (TPSA) is 52.0 Å². The number of hydrogen-bond acceptors (Lipinski definition) is 2.